The van der Waals surface area contributed by atoms with E-state index in [1.165, 1.54) is 0 Å². The van der Waals surface area contributed by atoms with Crippen LogP contribution in [0.15, 0.2) is 35.1 Å². The fourth-order valence-corrected chi connectivity index (χ4v) is 1.63. The number of hydrogen-bond acceptors (Lipinski definition) is 3. The molecule has 1 atom stereocenters. The highest BCUT2D eigenvalue weighted by molar-refractivity contribution is 5.01. The molecule has 0 saturated carbocycles. The molecule has 0 aliphatic rings. The highest BCUT2D eigenvalue weighted by Crippen LogP contribution is 2.09. The molecule has 4 heteroatoms. The summed E-state index contributed by atoms with van der Waals surface area (Å²) in [4.78, 5) is 0. The Morgan fingerprint density at radius 3 is 3.00 bits per heavy atom. The molecule has 0 aromatic carbocycles. The van der Waals surface area contributed by atoms with Gasteiger partial charge >= 0.3 is 0 Å². The van der Waals surface area contributed by atoms with Crippen LogP contribution in [0.25, 0.3) is 0 Å². The lowest BCUT2D eigenvalue weighted by Gasteiger charge is -2.08. The van der Waals surface area contributed by atoms with Gasteiger partial charge in [0.25, 0.3) is 0 Å². The minimum Gasteiger partial charge on any atom is -0.468 e. The fraction of sp³-hybridized carbons (Fsp3) is 0.462. The van der Waals surface area contributed by atoms with Crippen molar-refractivity contribution < 1.29 is 4.42 Å². The Labute approximate surface area is 102 Å². The molecule has 4 nitrogen and oxygen atoms in total. The first-order valence-electron chi connectivity index (χ1n) is 6.06. The van der Waals surface area contributed by atoms with E-state index in [1.54, 1.807) is 6.26 Å². The van der Waals surface area contributed by atoms with Crippen LogP contribution in [0.5, 0.6) is 0 Å². The predicted molar refractivity (Wildman–Crippen MR) is 66.5 cm³/mol. The summed E-state index contributed by atoms with van der Waals surface area (Å²) < 4.78 is 7.26. The molecule has 0 fully saturated rings. The van der Waals surface area contributed by atoms with Gasteiger partial charge in [-0.1, -0.05) is 6.92 Å². The Bertz CT molecular complexity index is 433. The lowest BCUT2D eigenvalue weighted by molar-refractivity contribution is 0.464. The van der Waals surface area contributed by atoms with E-state index in [9.17, 15) is 0 Å². The van der Waals surface area contributed by atoms with Crippen molar-refractivity contribution in [3.8, 4) is 0 Å². The van der Waals surface area contributed by atoms with Crippen LogP contribution >= 0.6 is 0 Å². The maximum Gasteiger partial charge on any atom is 0.117 e. The molecule has 2 aromatic heterocycles. The van der Waals surface area contributed by atoms with Crippen molar-refractivity contribution in [2.24, 2.45) is 0 Å². The van der Waals surface area contributed by atoms with Gasteiger partial charge < -0.3 is 9.73 Å². The largest absolute Gasteiger partial charge is 0.468 e. The third-order valence-electron chi connectivity index (χ3n) is 2.89. The molecule has 1 N–H and O–H groups in total. The highest BCUT2D eigenvalue weighted by atomic mass is 16.3. The predicted octanol–water partition coefficient (Wildman–Crippen LogP) is 2.74. The van der Waals surface area contributed by atoms with Gasteiger partial charge in [-0.25, -0.2) is 0 Å². The van der Waals surface area contributed by atoms with Gasteiger partial charge in [-0.3, -0.25) is 4.68 Å². The van der Waals surface area contributed by atoms with E-state index in [0.29, 0.717) is 6.04 Å². The fourth-order valence-electron chi connectivity index (χ4n) is 1.63. The monoisotopic (exact) mass is 233 g/mol. The van der Waals surface area contributed by atoms with E-state index in [2.05, 4.69) is 30.3 Å². The summed E-state index contributed by atoms with van der Waals surface area (Å²) in [5.41, 5.74) is 1.07. The standard InChI is InChI=1S/C13H19N3O/c1-3-11(2)16-7-6-12(15-16)9-14-10-13-5-4-8-17-13/h4-8,11,14H,3,9-10H2,1-2H3. The zero-order valence-electron chi connectivity index (χ0n) is 10.4. The Hall–Kier alpha value is -1.55. The van der Waals surface area contributed by atoms with Crippen LogP contribution in [-0.2, 0) is 13.1 Å². The van der Waals surface area contributed by atoms with Crippen molar-refractivity contribution in [3.05, 3.63) is 42.1 Å². The van der Waals surface area contributed by atoms with Crippen LogP contribution in [0.2, 0.25) is 0 Å². The normalized spacial score (nSPS) is 12.8. The van der Waals surface area contributed by atoms with Crippen molar-refractivity contribution in [3.63, 3.8) is 0 Å². The summed E-state index contributed by atoms with van der Waals surface area (Å²) in [5.74, 6) is 0.950. The molecule has 0 aliphatic heterocycles. The van der Waals surface area contributed by atoms with Gasteiger partial charge in [-0.15, -0.1) is 0 Å². The topological polar surface area (TPSA) is 43.0 Å². The lowest BCUT2D eigenvalue weighted by Crippen LogP contribution is -2.13. The van der Waals surface area contributed by atoms with Crippen LogP contribution in [0.1, 0.15) is 37.8 Å². The molecule has 92 valence electrons. The van der Waals surface area contributed by atoms with Gasteiger partial charge in [0.2, 0.25) is 0 Å². The molecule has 2 heterocycles. The van der Waals surface area contributed by atoms with Crippen molar-refractivity contribution in [2.45, 2.75) is 39.4 Å². The summed E-state index contributed by atoms with van der Waals surface area (Å²) >= 11 is 0. The first kappa shape index (κ1) is 11.9. The van der Waals surface area contributed by atoms with Gasteiger partial charge in [0.15, 0.2) is 0 Å². The van der Waals surface area contributed by atoms with Crippen LogP contribution in [0.3, 0.4) is 0 Å². The van der Waals surface area contributed by atoms with E-state index in [1.807, 2.05) is 23.0 Å². The van der Waals surface area contributed by atoms with E-state index < -0.39 is 0 Å². The summed E-state index contributed by atoms with van der Waals surface area (Å²) in [6, 6.07) is 6.38. The quantitative estimate of drug-likeness (QED) is 0.834. The van der Waals surface area contributed by atoms with E-state index in [-0.39, 0.29) is 0 Å². The Morgan fingerprint density at radius 1 is 1.41 bits per heavy atom. The summed E-state index contributed by atoms with van der Waals surface area (Å²) in [5, 5.41) is 7.83. The molecule has 0 saturated heterocycles. The second kappa shape index (κ2) is 5.68. The molecule has 17 heavy (non-hydrogen) atoms. The number of rotatable bonds is 6. The van der Waals surface area contributed by atoms with Crippen molar-refractivity contribution >= 4 is 0 Å². The molecule has 1 unspecified atom stereocenters. The molecule has 0 spiro atoms. The average Bonchev–Trinajstić information content (AvgIpc) is 2.99. The van der Waals surface area contributed by atoms with Crippen LogP contribution in [0.4, 0.5) is 0 Å². The molecule has 0 aliphatic carbocycles. The van der Waals surface area contributed by atoms with Gasteiger partial charge in [-0.05, 0) is 31.5 Å². The smallest absolute Gasteiger partial charge is 0.117 e. The first-order chi connectivity index (χ1) is 8.29. The SMILES string of the molecule is CCC(C)n1ccc(CNCc2ccco2)n1. The minimum atomic E-state index is 0.467. The Morgan fingerprint density at radius 2 is 2.29 bits per heavy atom. The summed E-state index contributed by atoms with van der Waals surface area (Å²) in [6.07, 6.45) is 4.83. The Balaban J connectivity index is 1.81. The second-order valence-electron chi connectivity index (χ2n) is 4.23. The average molecular weight is 233 g/mol. The molecular formula is C13H19N3O. The second-order valence-corrected chi connectivity index (χ2v) is 4.23. The maximum absolute atomic E-state index is 5.24. The van der Waals surface area contributed by atoms with Crippen molar-refractivity contribution in [1.29, 1.82) is 0 Å². The molecule has 2 rings (SSSR count). The van der Waals surface area contributed by atoms with Crippen molar-refractivity contribution in [2.75, 3.05) is 0 Å². The van der Waals surface area contributed by atoms with E-state index in [0.717, 1.165) is 31.0 Å². The molecule has 2 aromatic rings. The van der Waals surface area contributed by atoms with Crippen LogP contribution < -0.4 is 5.32 Å². The number of aromatic nitrogens is 2. The molecule has 0 amide bonds. The van der Waals surface area contributed by atoms with Gasteiger partial charge in [0.05, 0.1) is 18.5 Å². The molecule has 0 bridgehead atoms. The third-order valence-corrected chi connectivity index (χ3v) is 2.89. The summed E-state index contributed by atoms with van der Waals surface area (Å²) in [7, 11) is 0. The minimum absolute atomic E-state index is 0.467. The zero-order valence-corrected chi connectivity index (χ0v) is 10.4. The lowest BCUT2D eigenvalue weighted by atomic mass is 10.3. The van der Waals surface area contributed by atoms with Crippen molar-refractivity contribution in [1.82, 2.24) is 15.1 Å². The Kier molecular flexibility index (Phi) is 3.98. The van der Waals surface area contributed by atoms with Gasteiger partial charge in [0, 0.05) is 18.8 Å². The number of nitrogens with zero attached hydrogens (tertiary/aromatic N) is 2. The summed E-state index contributed by atoms with van der Waals surface area (Å²) in [6.45, 7) is 5.85. The number of hydrogen-bond donors (Lipinski definition) is 1. The highest BCUT2D eigenvalue weighted by Gasteiger charge is 2.04. The maximum atomic E-state index is 5.24. The molecular weight excluding hydrogens is 214 g/mol. The number of furan rings is 1. The van der Waals surface area contributed by atoms with E-state index in [4.69, 9.17) is 4.42 Å². The van der Waals surface area contributed by atoms with Crippen LogP contribution in [-0.4, -0.2) is 9.78 Å². The first-order valence-corrected chi connectivity index (χ1v) is 6.06. The van der Waals surface area contributed by atoms with Gasteiger partial charge in [0.1, 0.15) is 5.76 Å². The molecule has 0 radical (unpaired) electrons. The van der Waals surface area contributed by atoms with Gasteiger partial charge in [-0.2, -0.15) is 5.10 Å². The third kappa shape index (κ3) is 3.20. The van der Waals surface area contributed by atoms with E-state index >= 15 is 0 Å². The number of nitrogens with one attached hydrogen (secondary N) is 1. The van der Waals surface area contributed by atoms with Crippen LogP contribution in [0, 0.1) is 0 Å². The zero-order chi connectivity index (χ0) is 12.1.